The number of phosphoric ester groups is 1. The van der Waals surface area contributed by atoms with Gasteiger partial charge in [0.15, 0.2) is 0 Å². The summed E-state index contributed by atoms with van der Waals surface area (Å²) in [5.74, 6) is -0.191. The van der Waals surface area contributed by atoms with E-state index in [0.717, 1.165) is 11.1 Å². The molecule has 0 spiro atoms. The van der Waals surface area contributed by atoms with Crippen molar-refractivity contribution in [3.63, 3.8) is 0 Å². The number of carbonyl (C=O) groups is 1. The van der Waals surface area contributed by atoms with Gasteiger partial charge in [-0.1, -0.05) is 78.9 Å². The van der Waals surface area contributed by atoms with Gasteiger partial charge in [-0.15, -0.1) is 0 Å². The Hall–Kier alpha value is -2.92. The van der Waals surface area contributed by atoms with Crippen molar-refractivity contribution < 1.29 is 27.7 Å². The molecule has 0 bridgehead atoms. The average Bonchev–Trinajstić information content (AvgIpc) is 2.79. The molecule has 0 saturated heterocycles. The molecule has 0 amide bonds. The van der Waals surface area contributed by atoms with E-state index in [1.807, 2.05) is 60.7 Å². The van der Waals surface area contributed by atoms with Gasteiger partial charge in [-0.25, -0.2) is 4.57 Å². The molecule has 3 aromatic rings. The van der Waals surface area contributed by atoms with Gasteiger partial charge in [0.25, 0.3) is 0 Å². The molecule has 0 unspecified atom stereocenters. The van der Waals surface area contributed by atoms with Crippen molar-refractivity contribution in [2.45, 2.75) is 19.6 Å². The standard InChI is InChI=1S/C23H23O6P/c1-26-23(24)16-21-14-8-9-15-22(21)29-30(25,27-17-19-10-4-2-5-11-19)28-18-20-12-6-3-7-13-20/h2-15H,16-18H2,1H3. The summed E-state index contributed by atoms with van der Waals surface area (Å²) in [5, 5.41) is 0. The minimum Gasteiger partial charge on any atom is -0.469 e. The fourth-order valence-electron chi connectivity index (χ4n) is 2.63. The van der Waals surface area contributed by atoms with Crippen LogP contribution in [0.4, 0.5) is 0 Å². The quantitative estimate of drug-likeness (QED) is 0.323. The Morgan fingerprint density at radius 3 is 1.80 bits per heavy atom. The van der Waals surface area contributed by atoms with Crippen LogP contribution in [-0.4, -0.2) is 13.1 Å². The molecule has 30 heavy (non-hydrogen) atoms. The molecule has 0 aromatic heterocycles. The Labute approximate surface area is 176 Å². The molecule has 0 aliphatic carbocycles. The average molecular weight is 426 g/mol. The number of carbonyl (C=O) groups excluding carboxylic acids is 1. The van der Waals surface area contributed by atoms with Crippen molar-refractivity contribution in [2.24, 2.45) is 0 Å². The maximum atomic E-state index is 13.5. The summed E-state index contributed by atoms with van der Waals surface area (Å²) in [6.07, 6.45) is -0.0238. The highest BCUT2D eigenvalue weighted by atomic mass is 31.2. The van der Waals surface area contributed by atoms with E-state index in [1.54, 1.807) is 24.3 Å². The van der Waals surface area contributed by atoms with Gasteiger partial charge in [0, 0.05) is 5.56 Å². The number of methoxy groups -OCH3 is 1. The first-order chi connectivity index (χ1) is 14.6. The van der Waals surface area contributed by atoms with Crippen molar-refractivity contribution >= 4 is 13.8 Å². The van der Waals surface area contributed by atoms with Crippen molar-refractivity contribution in [1.82, 2.24) is 0 Å². The lowest BCUT2D eigenvalue weighted by Crippen LogP contribution is -2.08. The van der Waals surface area contributed by atoms with Gasteiger partial charge in [-0.05, 0) is 17.2 Å². The second-order valence-electron chi connectivity index (χ2n) is 6.42. The van der Waals surface area contributed by atoms with Crippen LogP contribution in [0, 0.1) is 0 Å². The molecule has 6 nitrogen and oxygen atoms in total. The zero-order valence-corrected chi connectivity index (χ0v) is 17.5. The van der Waals surface area contributed by atoms with Crippen LogP contribution in [0.15, 0.2) is 84.9 Å². The monoisotopic (exact) mass is 426 g/mol. The highest BCUT2D eigenvalue weighted by Crippen LogP contribution is 2.51. The third-order valence-electron chi connectivity index (χ3n) is 4.21. The summed E-state index contributed by atoms with van der Waals surface area (Å²) in [7, 11) is -2.69. The zero-order valence-electron chi connectivity index (χ0n) is 16.6. The molecular formula is C23H23O6P. The Morgan fingerprint density at radius 2 is 1.27 bits per heavy atom. The van der Waals surface area contributed by atoms with E-state index in [1.165, 1.54) is 7.11 Å². The number of hydrogen-bond acceptors (Lipinski definition) is 6. The van der Waals surface area contributed by atoms with Crippen LogP contribution in [-0.2, 0) is 42.8 Å². The van der Waals surface area contributed by atoms with Crippen molar-refractivity contribution in [2.75, 3.05) is 7.11 Å². The largest absolute Gasteiger partial charge is 0.530 e. The highest BCUT2D eigenvalue weighted by molar-refractivity contribution is 7.48. The summed E-state index contributed by atoms with van der Waals surface area (Å²) in [6, 6.07) is 25.4. The number of esters is 1. The minimum absolute atomic E-state index is 0.0238. The molecule has 156 valence electrons. The van der Waals surface area contributed by atoms with Crippen LogP contribution in [0.1, 0.15) is 16.7 Å². The summed E-state index contributed by atoms with van der Waals surface area (Å²) in [4.78, 5) is 11.7. The molecule has 0 aliphatic rings. The normalized spacial score (nSPS) is 11.1. The van der Waals surface area contributed by atoms with Crippen LogP contribution in [0.25, 0.3) is 0 Å². The number of para-hydroxylation sites is 1. The van der Waals surface area contributed by atoms with E-state index in [9.17, 15) is 9.36 Å². The zero-order chi connectivity index (χ0) is 21.2. The second-order valence-corrected chi connectivity index (χ2v) is 8.01. The van der Waals surface area contributed by atoms with Gasteiger partial charge in [0.2, 0.25) is 0 Å². The molecular weight excluding hydrogens is 403 g/mol. The molecule has 0 radical (unpaired) electrons. The highest BCUT2D eigenvalue weighted by Gasteiger charge is 2.30. The maximum Gasteiger partial charge on any atom is 0.530 e. The number of phosphoric acid groups is 1. The van der Waals surface area contributed by atoms with E-state index in [4.69, 9.17) is 18.3 Å². The van der Waals surface area contributed by atoms with E-state index < -0.39 is 13.8 Å². The Balaban J connectivity index is 1.80. The molecule has 0 fully saturated rings. The van der Waals surface area contributed by atoms with E-state index in [0.29, 0.717) is 5.56 Å². The SMILES string of the molecule is COC(=O)Cc1ccccc1OP(=O)(OCc1ccccc1)OCc1ccccc1. The van der Waals surface area contributed by atoms with Gasteiger partial charge >= 0.3 is 13.8 Å². The lowest BCUT2D eigenvalue weighted by Gasteiger charge is -2.20. The first kappa shape index (κ1) is 21.8. The maximum absolute atomic E-state index is 13.5. The molecule has 0 saturated carbocycles. The van der Waals surface area contributed by atoms with Crippen molar-refractivity contribution in [3.05, 3.63) is 102 Å². The second kappa shape index (κ2) is 10.7. The molecule has 3 rings (SSSR count). The Morgan fingerprint density at radius 1 is 0.767 bits per heavy atom. The summed E-state index contributed by atoms with van der Waals surface area (Å²) >= 11 is 0. The summed E-state index contributed by atoms with van der Waals surface area (Å²) < 4.78 is 35.1. The molecule has 3 aromatic carbocycles. The third-order valence-corrected chi connectivity index (χ3v) is 5.52. The van der Waals surface area contributed by atoms with E-state index in [-0.39, 0.29) is 25.4 Å². The first-order valence-corrected chi connectivity index (χ1v) is 10.9. The Kier molecular flexibility index (Phi) is 7.80. The van der Waals surface area contributed by atoms with Crippen LogP contribution in [0.5, 0.6) is 5.75 Å². The lowest BCUT2D eigenvalue weighted by molar-refractivity contribution is -0.139. The molecule has 0 aliphatic heterocycles. The van der Waals surface area contributed by atoms with Gasteiger partial charge in [0.05, 0.1) is 26.7 Å². The van der Waals surface area contributed by atoms with Gasteiger partial charge in [-0.2, -0.15) is 0 Å². The fraction of sp³-hybridized carbons (Fsp3) is 0.174. The molecule has 0 heterocycles. The van der Waals surface area contributed by atoms with Gasteiger partial charge in [0.1, 0.15) is 5.75 Å². The number of benzene rings is 3. The molecule has 0 N–H and O–H groups in total. The molecule has 0 atom stereocenters. The van der Waals surface area contributed by atoms with Gasteiger partial charge in [-0.3, -0.25) is 13.8 Å². The van der Waals surface area contributed by atoms with Crippen LogP contribution in [0.2, 0.25) is 0 Å². The first-order valence-electron chi connectivity index (χ1n) is 9.39. The third kappa shape index (κ3) is 6.56. The van der Waals surface area contributed by atoms with Crippen molar-refractivity contribution in [1.29, 1.82) is 0 Å². The van der Waals surface area contributed by atoms with Crippen LogP contribution < -0.4 is 4.52 Å². The lowest BCUT2D eigenvalue weighted by atomic mass is 10.1. The smallest absolute Gasteiger partial charge is 0.469 e. The van der Waals surface area contributed by atoms with Gasteiger partial charge < -0.3 is 9.26 Å². The number of hydrogen-bond donors (Lipinski definition) is 0. The fourth-order valence-corrected chi connectivity index (χ4v) is 3.85. The van der Waals surface area contributed by atoms with Crippen LogP contribution in [0.3, 0.4) is 0 Å². The van der Waals surface area contributed by atoms with E-state index in [2.05, 4.69) is 0 Å². The predicted molar refractivity (Wildman–Crippen MR) is 113 cm³/mol. The van der Waals surface area contributed by atoms with Crippen molar-refractivity contribution in [3.8, 4) is 5.75 Å². The van der Waals surface area contributed by atoms with Crippen LogP contribution >= 0.6 is 7.82 Å². The Bertz CT molecular complexity index is 943. The summed E-state index contributed by atoms with van der Waals surface area (Å²) in [5.41, 5.74) is 2.18. The summed E-state index contributed by atoms with van der Waals surface area (Å²) in [6.45, 7) is 0.0954. The minimum atomic E-state index is -4.00. The molecule has 7 heteroatoms. The predicted octanol–water partition coefficient (Wildman–Crippen LogP) is 5.32. The van der Waals surface area contributed by atoms with E-state index >= 15 is 0 Å². The number of ether oxygens (including phenoxy) is 1. The number of rotatable bonds is 10. The topological polar surface area (TPSA) is 71.1 Å².